The van der Waals surface area contributed by atoms with Gasteiger partial charge in [0.25, 0.3) is 0 Å². The van der Waals surface area contributed by atoms with Gasteiger partial charge in [-0.2, -0.15) is 0 Å². The zero-order valence-electron chi connectivity index (χ0n) is 23.9. The fraction of sp³-hybridized carbons (Fsp3) is 0.926. The average molecular weight is 535 g/mol. The summed E-state index contributed by atoms with van der Waals surface area (Å²) < 4.78 is 43.8. The molecule has 0 radical (unpaired) electrons. The van der Waals surface area contributed by atoms with Crippen LogP contribution < -0.4 is 0 Å². The lowest BCUT2D eigenvalue weighted by Gasteiger charge is -2.30. The third-order valence-electron chi connectivity index (χ3n) is 6.02. The summed E-state index contributed by atoms with van der Waals surface area (Å²) in [5.74, 6) is -1.77. The van der Waals surface area contributed by atoms with Crippen molar-refractivity contribution in [3.63, 3.8) is 0 Å². The Hall–Kier alpha value is -1.30. The maximum absolute atomic E-state index is 12.9. The lowest BCUT2D eigenvalue weighted by atomic mass is 9.79. The summed E-state index contributed by atoms with van der Waals surface area (Å²) in [4.78, 5) is 25.8. The zero-order chi connectivity index (χ0) is 27.6. The van der Waals surface area contributed by atoms with Gasteiger partial charge in [0, 0.05) is 14.2 Å². The molecule has 0 aromatic carbocycles. The Labute approximate surface area is 222 Å². The van der Waals surface area contributed by atoms with Crippen LogP contribution in [0, 0.1) is 11.8 Å². The van der Waals surface area contributed by atoms with E-state index in [-0.39, 0.29) is 43.5 Å². The standard InChI is InChI=1S/C27H50O10/c1-19(14-30-6)33-13-12-32-16-22(4)36-26(28)24-10-8-9-11-25(24)27(29)37-23(5)18-35-21(3)17-34-20(2)15-31-7/h19-25H,8-18H2,1-7H3. The van der Waals surface area contributed by atoms with Crippen LogP contribution in [0.25, 0.3) is 0 Å². The number of methoxy groups -OCH3 is 2. The molecule has 218 valence electrons. The highest BCUT2D eigenvalue weighted by Crippen LogP contribution is 2.32. The second-order valence-corrected chi connectivity index (χ2v) is 9.95. The molecule has 0 bridgehead atoms. The Morgan fingerprint density at radius 3 is 1.54 bits per heavy atom. The first kappa shape index (κ1) is 33.7. The monoisotopic (exact) mass is 534 g/mol. The van der Waals surface area contributed by atoms with E-state index in [1.54, 1.807) is 28.1 Å². The van der Waals surface area contributed by atoms with Crippen LogP contribution in [0.1, 0.15) is 60.3 Å². The van der Waals surface area contributed by atoms with Crippen molar-refractivity contribution in [3.05, 3.63) is 0 Å². The van der Waals surface area contributed by atoms with Gasteiger partial charge in [-0.15, -0.1) is 0 Å². The molecule has 1 fully saturated rings. The molecule has 0 aliphatic heterocycles. The fourth-order valence-electron chi connectivity index (χ4n) is 4.11. The van der Waals surface area contributed by atoms with E-state index in [1.807, 2.05) is 20.8 Å². The normalized spacial score (nSPS) is 22.0. The summed E-state index contributed by atoms with van der Waals surface area (Å²) in [5, 5.41) is 0. The Balaban J connectivity index is 2.39. The first-order valence-corrected chi connectivity index (χ1v) is 13.5. The quantitative estimate of drug-likeness (QED) is 0.171. The number of ether oxygens (including phenoxy) is 8. The van der Waals surface area contributed by atoms with Crippen molar-refractivity contribution in [2.24, 2.45) is 11.8 Å². The Morgan fingerprint density at radius 1 is 0.595 bits per heavy atom. The minimum Gasteiger partial charge on any atom is -0.460 e. The maximum Gasteiger partial charge on any atom is 0.310 e. The molecule has 0 aromatic heterocycles. The molecule has 1 rings (SSSR count). The number of hydrogen-bond donors (Lipinski definition) is 0. The van der Waals surface area contributed by atoms with Gasteiger partial charge in [-0.05, 0) is 47.5 Å². The van der Waals surface area contributed by atoms with Gasteiger partial charge >= 0.3 is 11.9 Å². The summed E-state index contributed by atoms with van der Waals surface area (Å²) >= 11 is 0. The maximum atomic E-state index is 12.9. The van der Waals surface area contributed by atoms with E-state index in [0.29, 0.717) is 45.9 Å². The van der Waals surface area contributed by atoms with Gasteiger partial charge in [-0.1, -0.05) is 12.8 Å². The zero-order valence-corrected chi connectivity index (χ0v) is 23.9. The molecular weight excluding hydrogens is 484 g/mol. The molecule has 0 saturated heterocycles. The second kappa shape index (κ2) is 19.7. The van der Waals surface area contributed by atoms with Gasteiger partial charge in [0.15, 0.2) is 0 Å². The van der Waals surface area contributed by atoms with E-state index in [2.05, 4.69) is 0 Å². The van der Waals surface area contributed by atoms with E-state index < -0.39 is 24.0 Å². The highest BCUT2D eigenvalue weighted by molar-refractivity contribution is 5.82. The highest BCUT2D eigenvalue weighted by Gasteiger charge is 2.39. The van der Waals surface area contributed by atoms with Gasteiger partial charge in [0.05, 0.1) is 76.4 Å². The van der Waals surface area contributed by atoms with Gasteiger partial charge in [0.1, 0.15) is 12.2 Å². The molecule has 1 aliphatic carbocycles. The van der Waals surface area contributed by atoms with Crippen molar-refractivity contribution in [2.75, 3.05) is 60.5 Å². The lowest BCUT2D eigenvalue weighted by molar-refractivity contribution is -0.171. The van der Waals surface area contributed by atoms with Gasteiger partial charge < -0.3 is 37.9 Å². The molecule has 0 N–H and O–H groups in total. The van der Waals surface area contributed by atoms with Crippen LogP contribution in [0.2, 0.25) is 0 Å². The van der Waals surface area contributed by atoms with Crippen molar-refractivity contribution < 1.29 is 47.5 Å². The number of rotatable bonds is 20. The number of esters is 2. The van der Waals surface area contributed by atoms with Crippen LogP contribution in [0.3, 0.4) is 0 Å². The molecule has 37 heavy (non-hydrogen) atoms. The molecule has 1 saturated carbocycles. The average Bonchev–Trinajstić information content (AvgIpc) is 2.86. The van der Waals surface area contributed by atoms with E-state index in [1.165, 1.54) is 0 Å². The SMILES string of the molecule is COCC(C)OCCOCC(C)OC(=O)C1CCCCC1C(=O)OC(C)COC(C)COC(C)COC. The summed E-state index contributed by atoms with van der Waals surface area (Å²) in [6.45, 7) is 12.1. The summed E-state index contributed by atoms with van der Waals surface area (Å²) in [6, 6.07) is 0. The van der Waals surface area contributed by atoms with Crippen molar-refractivity contribution in [1.29, 1.82) is 0 Å². The molecule has 7 unspecified atom stereocenters. The summed E-state index contributed by atoms with van der Waals surface area (Å²) in [5.41, 5.74) is 0. The van der Waals surface area contributed by atoms with Crippen LogP contribution >= 0.6 is 0 Å². The highest BCUT2D eigenvalue weighted by atomic mass is 16.6. The van der Waals surface area contributed by atoms with Crippen molar-refractivity contribution in [3.8, 4) is 0 Å². The Bertz CT molecular complexity index is 616. The predicted molar refractivity (Wildman–Crippen MR) is 137 cm³/mol. The van der Waals surface area contributed by atoms with Crippen molar-refractivity contribution in [2.45, 2.75) is 90.8 Å². The Morgan fingerprint density at radius 2 is 1.03 bits per heavy atom. The fourth-order valence-corrected chi connectivity index (χ4v) is 4.11. The topological polar surface area (TPSA) is 108 Å². The molecule has 0 aromatic rings. The first-order chi connectivity index (χ1) is 17.7. The third kappa shape index (κ3) is 15.0. The largest absolute Gasteiger partial charge is 0.460 e. The van der Waals surface area contributed by atoms with Crippen LogP contribution in [-0.2, 0) is 47.5 Å². The summed E-state index contributed by atoms with van der Waals surface area (Å²) in [7, 11) is 3.26. The van der Waals surface area contributed by atoms with Crippen LogP contribution in [0.5, 0.6) is 0 Å². The molecular formula is C27H50O10. The van der Waals surface area contributed by atoms with Gasteiger partial charge in [-0.25, -0.2) is 0 Å². The lowest BCUT2D eigenvalue weighted by Crippen LogP contribution is -2.38. The van der Waals surface area contributed by atoms with Gasteiger partial charge in [0.2, 0.25) is 0 Å². The molecule has 10 nitrogen and oxygen atoms in total. The second-order valence-electron chi connectivity index (χ2n) is 9.95. The molecule has 10 heteroatoms. The molecule has 0 heterocycles. The minimum absolute atomic E-state index is 0.00607. The minimum atomic E-state index is -0.511. The van der Waals surface area contributed by atoms with Crippen LogP contribution in [-0.4, -0.2) is 103 Å². The number of hydrogen-bond acceptors (Lipinski definition) is 10. The molecule has 0 spiro atoms. The smallest absolute Gasteiger partial charge is 0.310 e. The molecule has 1 aliphatic rings. The van der Waals surface area contributed by atoms with Crippen molar-refractivity contribution in [1.82, 2.24) is 0 Å². The molecule has 7 atom stereocenters. The van der Waals surface area contributed by atoms with Crippen LogP contribution in [0.4, 0.5) is 0 Å². The number of carbonyl (C=O) groups is 2. The Kier molecular flexibility index (Phi) is 18.0. The van der Waals surface area contributed by atoms with Crippen molar-refractivity contribution >= 4 is 11.9 Å². The predicted octanol–water partition coefficient (Wildman–Crippen LogP) is 3.18. The van der Waals surface area contributed by atoms with Crippen LogP contribution in [0.15, 0.2) is 0 Å². The van der Waals surface area contributed by atoms with E-state index in [0.717, 1.165) is 12.8 Å². The van der Waals surface area contributed by atoms with E-state index >= 15 is 0 Å². The summed E-state index contributed by atoms with van der Waals surface area (Å²) in [6.07, 6.45) is 1.93. The van der Waals surface area contributed by atoms with Gasteiger partial charge in [-0.3, -0.25) is 9.59 Å². The first-order valence-electron chi connectivity index (χ1n) is 13.5. The van der Waals surface area contributed by atoms with E-state index in [9.17, 15) is 9.59 Å². The number of carbonyl (C=O) groups excluding carboxylic acids is 2. The third-order valence-corrected chi connectivity index (χ3v) is 6.02. The van der Waals surface area contributed by atoms with E-state index in [4.69, 9.17) is 37.9 Å². The molecule has 0 amide bonds.